The maximum Gasteiger partial charge on any atom is 0.254 e. The molecule has 184 valence electrons. The van der Waals surface area contributed by atoms with Crippen LogP contribution in [0.3, 0.4) is 0 Å². The van der Waals surface area contributed by atoms with Gasteiger partial charge in [-0.1, -0.05) is 12.1 Å². The van der Waals surface area contributed by atoms with Crippen LogP contribution in [0, 0.1) is 5.82 Å². The Morgan fingerprint density at radius 2 is 2.14 bits per heavy atom. The zero-order valence-electron chi connectivity index (χ0n) is 20.2. The van der Waals surface area contributed by atoms with Crippen LogP contribution in [0.1, 0.15) is 39.5 Å². The molecule has 2 aliphatic rings. The third-order valence-electron chi connectivity index (χ3n) is 6.82. The Morgan fingerprint density at radius 3 is 2.94 bits per heavy atom. The number of imidazole rings is 1. The lowest BCUT2D eigenvalue weighted by atomic mass is 9.96. The van der Waals surface area contributed by atoms with Gasteiger partial charge >= 0.3 is 0 Å². The number of ether oxygens (including phenoxy) is 1. The molecule has 1 amide bonds. The van der Waals surface area contributed by atoms with Crippen LogP contribution in [0.5, 0.6) is 0 Å². The van der Waals surface area contributed by atoms with Crippen LogP contribution in [-0.2, 0) is 17.8 Å². The highest BCUT2D eigenvalue weighted by Crippen LogP contribution is 2.36. The van der Waals surface area contributed by atoms with E-state index in [0.717, 1.165) is 42.1 Å². The average Bonchev–Trinajstić information content (AvgIpc) is 3.60. The molecule has 1 atom stereocenters. The molecule has 1 fully saturated rings. The number of hydrogen-bond donors (Lipinski definition) is 2. The lowest BCUT2D eigenvalue weighted by Gasteiger charge is -2.19. The van der Waals surface area contributed by atoms with Gasteiger partial charge in [0.1, 0.15) is 17.3 Å². The molecular formula is C27H27FN6O2. The van der Waals surface area contributed by atoms with E-state index in [0.29, 0.717) is 41.7 Å². The number of pyridine rings is 2. The number of halogens is 1. The summed E-state index contributed by atoms with van der Waals surface area (Å²) >= 11 is 0. The number of rotatable bonds is 6. The topological polar surface area (TPSA) is 83.8 Å². The summed E-state index contributed by atoms with van der Waals surface area (Å²) in [4.78, 5) is 24.3. The van der Waals surface area contributed by atoms with Crippen LogP contribution in [0.15, 0.2) is 48.8 Å². The molecule has 36 heavy (non-hydrogen) atoms. The van der Waals surface area contributed by atoms with Crippen LogP contribution in [0.4, 0.5) is 15.9 Å². The summed E-state index contributed by atoms with van der Waals surface area (Å²) in [7, 11) is 4.06. The van der Waals surface area contributed by atoms with E-state index in [4.69, 9.17) is 9.72 Å². The standard InChI is InChI=1S/C27H27FN6O2/c1-33(2)14-22-18(16-8-10-36-15-16)4-6-24(32-22)31-21-5-3-19(20-12-30-27(35)26(20)21)23-13-29-25-11-17(28)7-9-34(23)25/h3-7,9,11,13,16H,8,10,12,14-15H2,1-2H3,(H,30,35)(H,31,32)/t16-/m1/s1. The van der Waals surface area contributed by atoms with E-state index in [1.807, 2.05) is 36.7 Å². The summed E-state index contributed by atoms with van der Waals surface area (Å²) in [5.74, 6) is 0.570. The van der Waals surface area contributed by atoms with E-state index in [2.05, 4.69) is 26.6 Å². The summed E-state index contributed by atoms with van der Waals surface area (Å²) in [6.45, 7) is 2.63. The highest BCUT2D eigenvalue weighted by molar-refractivity contribution is 6.06. The van der Waals surface area contributed by atoms with Gasteiger partial charge in [0.2, 0.25) is 0 Å². The predicted octanol–water partition coefficient (Wildman–Crippen LogP) is 4.09. The van der Waals surface area contributed by atoms with Crippen LogP contribution >= 0.6 is 0 Å². The minimum absolute atomic E-state index is 0.137. The highest BCUT2D eigenvalue weighted by atomic mass is 19.1. The zero-order chi connectivity index (χ0) is 24.8. The number of amides is 1. The molecule has 0 spiro atoms. The molecule has 0 radical (unpaired) electrons. The number of nitrogens with one attached hydrogen (secondary N) is 2. The fourth-order valence-electron chi connectivity index (χ4n) is 5.14. The second-order valence-corrected chi connectivity index (χ2v) is 9.57. The zero-order valence-corrected chi connectivity index (χ0v) is 20.2. The van der Waals surface area contributed by atoms with Gasteiger partial charge in [0.05, 0.1) is 35.4 Å². The SMILES string of the molecule is CN(C)Cc1nc(Nc2ccc(-c3cnc4cc(F)ccn34)c3c2C(=O)NC3)ccc1[C@@H]1CCOC1. The molecule has 3 aromatic heterocycles. The van der Waals surface area contributed by atoms with Gasteiger partial charge in [0, 0.05) is 43.4 Å². The Morgan fingerprint density at radius 1 is 1.25 bits per heavy atom. The minimum Gasteiger partial charge on any atom is -0.381 e. The summed E-state index contributed by atoms with van der Waals surface area (Å²) in [5, 5.41) is 6.33. The van der Waals surface area contributed by atoms with Crippen LogP contribution in [-0.4, -0.2) is 52.5 Å². The molecule has 0 bridgehead atoms. The third-order valence-corrected chi connectivity index (χ3v) is 6.82. The monoisotopic (exact) mass is 486 g/mol. The van der Waals surface area contributed by atoms with E-state index in [1.165, 1.54) is 17.7 Å². The minimum atomic E-state index is -0.339. The maximum atomic E-state index is 13.7. The number of fused-ring (bicyclic) bond motifs is 2. The van der Waals surface area contributed by atoms with Gasteiger partial charge in [-0.25, -0.2) is 14.4 Å². The normalized spacial score (nSPS) is 17.1. The molecule has 0 aliphatic carbocycles. The van der Waals surface area contributed by atoms with Gasteiger partial charge in [0.25, 0.3) is 5.91 Å². The summed E-state index contributed by atoms with van der Waals surface area (Å²) in [6, 6.07) is 10.8. The fraction of sp³-hybridized carbons (Fsp3) is 0.296. The van der Waals surface area contributed by atoms with Crippen molar-refractivity contribution < 1.29 is 13.9 Å². The Hall–Kier alpha value is -3.82. The fourth-order valence-corrected chi connectivity index (χ4v) is 5.14. The molecule has 0 unspecified atom stereocenters. The Kier molecular flexibility index (Phi) is 5.66. The lowest BCUT2D eigenvalue weighted by Crippen LogP contribution is -2.16. The summed E-state index contributed by atoms with van der Waals surface area (Å²) < 4.78 is 21.1. The van der Waals surface area contributed by atoms with Crippen LogP contribution < -0.4 is 10.6 Å². The largest absolute Gasteiger partial charge is 0.381 e. The van der Waals surface area contributed by atoms with Gasteiger partial charge in [-0.15, -0.1) is 0 Å². The lowest BCUT2D eigenvalue weighted by molar-refractivity contribution is 0.0966. The van der Waals surface area contributed by atoms with Crippen molar-refractivity contribution in [2.24, 2.45) is 0 Å². The molecule has 1 aromatic carbocycles. The van der Waals surface area contributed by atoms with E-state index >= 15 is 0 Å². The first-order valence-corrected chi connectivity index (χ1v) is 12.0. The predicted molar refractivity (Wildman–Crippen MR) is 135 cm³/mol. The second kappa shape index (κ2) is 9.00. The molecule has 9 heteroatoms. The Bertz CT molecular complexity index is 1470. The maximum absolute atomic E-state index is 13.7. The van der Waals surface area contributed by atoms with Gasteiger partial charge in [-0.2, -0.15) is 0 Å². The molecule has 2 N–H and O–H groups in total. The first-order valence-electron chi connectivity index (χ1n) is 12.0. The van der Waals surface area contributed by atoms with Crippen molar-refractivity contribution in [3.63, 3.8) is 0 Å². The van der Waals surface area contributed by atoms with Crippen molar-refractivity contribution in [1.82, 2.24) is 24.6 Å². The van der Waals surface area contributed by atoms with E-state index < -0.39 is 0 Å². The number of nitrogens with zero attached hydrogens (tertiary/aromatic N) is 4. The van der Waals surface area contributed by atoms with Crippen molar-refractivity contribution in [1.29, 1.82) is 0 Å². The van der Waals surface area contributed by atoms with Gasteiger partial charge in [-0.05, 0) is 49.8 Å². The molecule has 4 aromatic rings. The highest BCUT2D eigenvalue weighted by Gasteiger charge is 2.28. The first kappa shape index (κ1) is 22.6. The number of aromatic nitrogens is 3. The molecule has 5 heterocycles. The van der Waals surface area contributed by atoms with Crippen molar-refractivity contribution in [3.8, 4) is 11.3 Å². The second-order valence-electron chi connectivity index (χ2n) is 9.57. The number of benzene rings is 1. The van der Waals surface area contributed by atoms with E-state index in [-0.39, 0.29) is 11.7 Å². The first-order chi connectivity index (χ1) is 17.5. The van der Waals surface area contributed by atoms with Crippen molar-refractivity contribution in [2.45, 2.75) is 25.4 Å². The summed E-state index contributed by atoms with van der Waals surface area (Å²) in [6.07, 6.45) is 4.36. The van der Waals surface area contributed by atoms with Gasteiger partial charge in [0.15, 0.2) is 0 Å². The average molecular weight is 487 g/mol. The van der Waals surface area contributed by atoms with E-state index in [1.54, 1.807) is 12.4 Å². The van der Waals surface area contributed by atoms with Crippen molar-refractivity contribution >= 4 is 23.1 Å². The molecule has 1 saturated heterocycles. The Balaban J connectivity index is 1.38. The quantitative estimate of drug-likeness (QED) is 0.427. The molecule has 0 saturated carbocycles. The number of carbonyl (C=O) groups excluding carboxylic acids is 1. The van der Waals surface area contributed by atoms with Crippen molar-refractivity contribution in [3.05, 3.63) is 77.0 Å². The number of anilines is 2. The van der Waals surface area contributed by atoms with Crippen LogP contribution in [0.2, 0.25) is 0 Å². The van der Waals surface area contributed by atoms with Crippen LogP contribution in [0.25, 0.3) is 16.9 Å². The molecule has 6 rings (SSSR count). The number of hydrogen-bond acceptors (Lipinski definition) is 6. The number of carbonyl (C=O) groups is 1. The third kappa shape index (κ3) is 4.00. The smallest absolute Gasteiger partial charge is 0.254 e. The Labute approximate surface area is 208 Å². The van der Waals surface area contributed by atoms with E-state index in [9.17, 15) is 9.18 Å². The van der Waals surface area contributed by atoms with Gasteiger partial charge < -0.3 is 20.3 Å². The molecule has 2 aliphatic heterocycles. The van der Waals surface area contributed by atoms with Gasteiger partial charge in [-0.3, -0.25) is 9.20 Å². The molecular weight excluding hydrogens is 459 g/mol. The van der Waals surface area contributed by atoms with Crippen molar-refractivity contribution in [2.75, 3.05) is 32.6 Å². The summed E-state index contributed by atoms with van der Waals surface area (Å²) in [5.41, 5.74) is 6.60. The molecule has 8 nitrogen and oxygen atoms in total.